The first-order chi connectivity index (χ1) is 14.8. The van der Waals surface area contributed by atoms with Gasteiger partial charge in [0.1, 0.15) is 0 Å². The fourth-order valence-corrected chi connectivity index (χ4v) is 4.28. The van der Waals surface area contributed by atoms with Crippen molar-refractivity contribution in [2.75, 3.05) is 0 Å². The van der Waals surface area contributed by atoms with Gasteiger partial charge in [-0.05, 0) is 65.8 Å². The molecule has 30 heavy (non-hydrogen) atoms. The predicted octanol–water partition coefficient (Wildman–Crippen LogP) is 4.44. The smallest absolute Gasteiger partial charge is 0.170 e. The molecule has 0 bridgehead atoms. The van der Waals surface area contributed by atoms with Crippen LogP contribution in [-0.2, 0) is 6.54 Å². The van der Waals surface area contributed by atoms with E-state index < -0.39 is 0 Å². The lowest BCUT2D eigenvalue weighted by atomic mass is 9.99. The molecule has 0 unspecified atom stereocenters. The molecule has 6 heteroatoms. The van der Waals surface area contributed by atoms with Gasteiger partial charge in [-0.3, -0.25) is 9.97 Å². The summed E-state index contributed by atoms with van der Waals surface area (Å²) in [5.41, 5.74) is 4.47. The van der Waals surface area contributed by atoms with Crippen molar-refractivity contribution in [3.05, 3.63) is 115 Å². The van der Waals surface area contributed by atoms with E-state index in [-0.39, 0.29) is 12.1 Å². The lowest BCUT2D eigenvalue weighted by Crippen LogP contribution is -2.29. The van der Waals surface area contributed by atoms with E-state index in [0.717, 1.165) is 16.5 Å². The highest BCUT2D eigenvalue weighted by Gasteiger charge is 2.40. The van der Waals surface area contributed by atoms with Crippen LogP contribution in [0.3, 0.4) is 0 Å². The molecule has 148 valence electrons. The van der Waals surface area contributed by atoms with Crippen LogP contribution in [0.5, 0.6) is 0 Å². The van der Waals surface area contributed by atoms with E-state index in [9.17, 15) is 0 Å². The summed E-state index contributed by atoms with van der Waals surface area (Å²) in [6, 6.07) is 22.6. The number of hydrogen-bond donors (Lipinski definition) is 1. The van der Waals surface area contributed by atoms with E-state index in [0.29, 0.717) is 6.54 Å². The molecule has 1 aliphatic heterocycles. The molecule has 1 fully saturated rings. The Morgan fingerprint density at radius 3 is 2.47 bits per heavy atom. The van der Waals surface area contributed by atoms with E-state index >= 15 is 0 Å². The number of pyridine rings is 2. The summed E-state index contributed by atoms with van der Waals surface area (Å²) in [6.07, 6.45) is 9.76. The lowest BCUT2D eigenvalue weighted by Gasteiger charge is -2.27. The lowest BCUT2D eigenvalue weighted by molar-refractivity contribution is 0.311. The molecule has 1 aromatic carbocycles. The zero-order valence-corrected chi connectivity index (χ0v) is 17.1. The fourth-order valence-electron chi connectivity index (χ4n) is 3.97. The summed E-state index contributed by atoms with van der Waals surface area (Å²) in [6.45, 7) is 0.707. The van der Waals surface area contributed by atoms with Gasteiger partial charge in [0.15, 0.2) is 5.11 Å². The van der Waals surface area contributed by atoms with Crippen LogP contribution in [0.15, 0.2) is 97.7 Å². The second kappa shape index (κ2) is 8.08. The summed E-state index contributed by atoms with van der Waals surface area (Å²) in [7, 11) is 0. The maximum Gasteiger partial charge on any atom is 0.170 e. The van der Waals surface area contributed by atoms with Crippen molar-refractivity contribution in [2.24, 2.45) is 0 Å². The van der Waals surface area contributed by atoms with E-state index in [1.54, 1.807) is 0 Å². The monoisotopic (exact) mass is 411 g/mol. The zero-order chi connectivity index (χ0) is 20.3. The number of hydrogen-bond acceptors (Lipinski definition) is 3. The number of aromatic nitrogens is 3. The minimum atomic E-state index is -0.0211. The van der Waals surface area contributed by atoms with Gasteiger partial charge in [0.25, 0.3) is 0 Å². The Labute approximate surface area is 181 Å². The number of thiocarbonyl (C=S) groups is 1. The van der Waals surface area contributed by atoms with Crippen molar-refractivity contribution in [2.45, 2.75) is 18.6 Å². The Balaban J connectivity index is 1.54. The molecule has 3 aromatic heterocycles. The highest BCUT2D eigenvalue weighted by atomic mass is 32.1. The van der Waals surface area contributed by atoms with Crippen LogP contribution in [0.2, 0.25) is 0 Å². The largest absolute Gasteiger partial charge is 0.352 e. The molecule has 0 spiro atoms. The first kappa shape index (κ1) is 18.5. The van der Waals surface area contributed by atoms with Gasteiger partial charge in [0, 0.05) is 43.2 Å². The van der Waals surface area contributed by atoms with Crippen LogP contribution in [0.1, 0.15) is 28.9 Å². The number of para-hydroxylation sites is 1. The number of nitrogens with one attached hydrogen (secondary N) is 1. The van der Waals surface area contributed by atoms with Crippen molar-refractivity contribution >= 4 is 17.3 Å². The predicted molar refractivity (Wildman–Crippen MR) is 121 cm³/mol. The summed E-state index contributed by atoms with van der Waals surface area (Å²) < 4.78 is 2.15. The highest BCUT2D eigenvalue weighted by molar-refractivity contribution is 7.80. The summed E-state index contributed by atoms with van der Waals surface area (Å²) >= 11 is 5.76. The fraction of sp³-hybridized carbons (Fsp3) is 0.125. The van der Waals surface area contributed by atoms with Crippen molar-refractivity contribution in [1.29, 1.82) is 0 Å². The molecule has 0 amide bonds. The Hall–Kier alpha value is -3.51. The first-order valence-electron chi connectivity index (χ1n) is 9.90. The molecule has 1 aliphatic rings. The van der Waals surface area contributed by atoms with Gasteiger partial charge in [-0.15, -0.1) is 0 Å². The normalized spacial score (nSPS) is 18.4. The zero-order valence-electron chi connectivity index (χ0n) is 16.3. The Morgan fingerprint density at radius 2 is 1.70 bits per heavy atom. The summed E-state index contributed by atoms with van der Waals surface area (Å²) in [4.78, 5) is 11.0. The van der Waals surface area contributed by atoms with Gasteiger partial charge in [-0.25, -0.2) is 0 Å². The topological polar surface area (TPSA) is 46.0 Å². The van der Waals surface area contributed by atoms with E-state index in [1.807, 2.05) is 61.1 Å². The Morgan fingerprint density at radius 1 is 0.900 bits per heavy atom. The second-order valence-electron chi connectivity index (χ2n) is 7.30. The van der Waals surface area contributed by atoms with Gasteiger partial charge in [-0.1, -0.05) is 24.3 Å². The maximum atomic E-state index is 5.76. The number of nitrogens with zero attached hydrogens (tertiary/aromatic N) is 4. The van der Waals surface area contributed by atoms with Crippen LogP contribution in [0.4, 0.5) is 0 Å². The summed E-state index contributed by atoms with van der Waals surface area (Å²) in [5, 5.41) is 4.24. The van der Waals surface area contributed by atoms with Gasteiger partial charge < -0.3 is 14.8 Å². The average Bonchev–Trinajstić information content (AvgIpc) is 3.41. The quantitative estimate of drug-likeness (QED) is 0.492. The molecule has 4 heterocycles. The number of rotatable bonds is 5. The van der Waals surface area contributed by atoms with Gasteiger partial charge in [0.2, 0.25) is 0 Å². The minimum absolute atomic E-state index is 0.0211. The average molecular weight is 412 g/mol. The number of benzene rings is 1. The van der Waals surface area contributed by atoms with E-state index in [2.05, 4.69) is 61.4 Å². The molecular weight excluding hydrogens is 390 g/mol. The van der Waals surface area contributed by atoms with Crippen molar-refractivity contribution < 1.29 is 0 Å². The molecule has 0 radical (unpaired) electrons. The maximum absolute atomic E-state index is 5.76. The molecule has 5 rings (SSSR count). The highest BCUT2D eigenvalue weighted by Crippen LogP contribution is 2.39. The van der Waals surface area contributed by atoms with Crippen molar-refractivity contribution in [3.8, 4) is 5.69 Å². The SMILES string of the molecule is S=C1N[C@H](c2ccccn2)[C@H](c2ccn(-c3ccccc3)c2)N1Cc1ccncc1. The van der Waals surface area contributed by atoms with Gasteiger partial charge >= 0.3 is 0 Å². The first-order valence-corrected chi connectivity index (χ1v) is 10.3. The molecule has 5 nitrogen and oxygen atoms in total. The van der Waals surface area contributed by atoms with Crippen LogP contribution >= 0.6 is 12.2 Å². The van der Waals surface area contributed by atoms with Crippen LogP contribution < -0.4 is 5.32 Å². The third-order valence-electron chi connectivity index (χ3n) is 5.41. The molecule has 4 aromatic rings. The third-order valence-corrected chi connectivity index (χ3v) is 5.76. The molecule has 0 aliphatic carbocycles. The molecule has 2 atom stereocenters. The van der Waals surface area contributed by atoms with Gasteiger partial charge in [0.05, 0.1) is 17.8 Å². The van der Waals surface area contributed by atoms with Crippen molar-refractivity contribution in [3.63, 3.8) is 0 Å². The molecular formula is C24H21N5S. The van der Waals surface area contributed by atoms with Crippen LogP contribution in [-0.4, -0.2) is 24.5 Å². The van der Waals surface area contributed by atoms with E-state index in [4.69, 9.17) is 12.2 Å². The molecule has 1 N–H and O–H groups in total. The Kier molecular flexibility index (Phi) is 4.99. The minimum Gasteiger partial charge on any atom is -0.352 e. The molecule has 0 saturated carbocycles. The molecule has 1 saturated heterocycles. The van der Waals surface area contributed by atoms with Crippen molar-refractivity contribution in [1.82, 2.24) is 24.8 Å². The standard InChI is InChI=1S/C24H21N5S/c30-24-27-22(21-8-4-5-12-26-21)23(29(24)16-18-9-13-25-14-10-18)19-11-15-28(17-19)20-6-2-1-3-7-20/h1-15,17,22-23H,16H2,(H,27,30)/t22-,23+/m1/s1. The van der Waals surface area contributed by atoms with Crippen LogP contribution in [0.25, 0.3) is 5.69 Å². The van der Waals surface area contributed by atoms with Crippen LogP contribution in [0, 0.1) is 0 Å². The third kappa shape index (κ3) is 3.57. The summed E-state index contributed by atoms with van der Waals surface area (Å²) in [5.74, 6) is 0. The second-order valence-corrected chi connectivity index (χ2v) is 7.68. The Bertz CT molecular complexity index is 1130. The van der Waals surface area contributed by atoms with Gasteiger partial charge in [-0.2, -0.15) is 0 Å². The van der Waals surface area contributed by atoms with E-state index in [1.165, 1.54) is 11.1 Å².